The van der Waals surface area contributed by atoms with Crippen molar-refractivity contribution in [1.29, 1.82) is 0 Å². The number of hydrogen-bond donors (Lipinski definition) is 3. The number of hydrogen-bond acceptors (Lipinski definition) is 8. The molecule has 3 unspecified atom stereocenters. The summed E-state index contributed by atoms with van der Waals surface area (Å²) in [7, 11) is -4.62. The zero-order chi connectivity index (χ0) is 39.1. The van der Waals surface area contributed by atoms with Crippen LogP contribution in [-0.2, 0) is 32.7 Å². The summed E-state index contributed by atoms with van der Waals surface area (Å²) in [5.41, 5.74) is 5.34. The van der Waals surface area contributed by atoms with E-state index in [2.05, 4.69) is 74.6 Å². The normalized spacial score (nSPS) is 14.6. The van der Waals surface area contributed by atoms with Crippen LogP contribution in [0.5, 0.6) is 0 Å². The van der Waals surface area contributed by atoms with Crippen LogP contribution in [0.4, 0.5) is 0 Å². The Morgan fingerprint density at radius 2 is 1.09 bits per heavy atom. The molecule has 0 saturated carbocycles. The number of unbranched alkanes of at least 4 members (excludes halogenated alkanes) is 14. The second kappa shape index (κ2) is 38.0. The van der Waals surface area contributed by atoms with Gasteiger partial charge in [0.25, 0.3) is 0 Å². The molecule has 0 radical (unpaired) electrons. The van der Waals surface area contributed by atoms with Crippen molar-refractivity contribution in [1.82, 2.24) is 0 Å². The van der Waals surface area contributed by atoms with Crippen LogP contribution in [0.25, 0.3) is 0 Å². The summed E-state index contributed by atoms with van der Waals surface area (Å²) >= 11 is 0. The monoisotopic (exact) mass is 768 g/mol. The van der Waals surface area contributed by atoms with E-state index < -0.39 is 45.1 Å². The molecule has 0 spiro atoms. The van der Waals surface area contributed by atoms with Crippen LogP contribution in [0.3, 0.4) is 0 Å². The van der Waals surface area contributed by atoms with E-state index in [0.29, 0.717) is 13.0 Å². The Kier molecular flexibility index (Phi) is 36.3. The first-order chi connectivity index (χ1) is 25.7. The molecule has 0 aromatic rings. The molecule has 0 amide bonds. The predicted octanol–water partition coefficient (Wildman–Crippen LogP) is 10.9. The highest BCUT2D eigenvalue weighted by atomic mass is 31.2. The molecular formula is C42H74NO9P. The van der Waals surface area contributed by atoms with Gasteiger partial charge in [0.1, 0.15) is 12.1 Å². The molecule has 0 aliphatic rings. The van der Waals surface area contributed by atoms with Gasteiger partial charge in [-0.15, -0.1) is 0 Å². The average molecular weight is 768 g/mol. The number of allylic oxidation sites excluding steroid dienone is 10. The van der Waals surface area contributed by atoms with Crippen LogP contribution in [0, 0.1) is 0 Å². The lowest BCUT2D eigenvalue weighted by molar-refractivity contribution is -0.154. The lowest BCUT2D eigenvalue weighted by Gasteiger charge is -2.20. The Hall–Kier alpha value is -2.33. The Morgan fingerprint density at radius 1 is 0.623 bits per heavy atom. The number of phosphoric ester groups is 1. The van der Waals surface area contributed by atoms with Crippen LogP contribution < -0.4 is 5.73 Å². The first-order valence-electron chi connectivity index (χ1n) is 20.3. The standard InChI is InChI=1S/C42H74NO9P/c1-3-5-7-9-11-13-15-16-17-18-19-20-21-22-23-24-25-26-28-30-32-34-41(44)52-39(37-50-53(47,48)51-38-40(43)42(45)46)36-49-35-33-31-29-27-14-12-10-8-6-4-2/h5,7,11,13,16-17,19-20,22-23,39-40H,3-4,6,8-10,12,14-15,18,21,24-38,43H2,1-2H3,(H,45,46)(H,47,48)/b7-5-,13-11-,17-16-,20-19-,23-22-. The predicted molar refractivity (Wildman–Crippen MR) is 217 cm³/mol. The van der Waals surface area contributed by atoms with Gasteiger partial charge in [-0.3, -0.25) is 18.6 Å². The lowest BCUT2D eigenvalue weighted by Crippen LogP contribution is -2.34. The van der Waals surface area contributed by atoms with E-state index in [1.165, 1.54) is 44.9 Å². The molecule has 4 N–H and O–H groups in total. The molecule has 0 aromatic heterocycles. The summed E-state index contributed by atoms with van der Waals surface area (Å²) in [5.74, 6) is -1.80. The van der Waals surface area contributed by atoms with E-state index >= 15 is 0 Å². The molecule has 0 fully saturated rings. The van der Waals surface area contributed by atoms with Gasteiger partial charge < -0.3 is 25.2 Å². The summed E-state index contributed by atoms with van der Waals surface area (Å²) in [5, 5.41) is 8.87. The van der Waals surface area contributed by atoms with Crippen molar-refractivity contribution in [2.45, 2.75) is 167 Å². The first kappa shape index (κ1) is 50.7. The van der Waals surface area contributed by atoms with E-state index in [1.54, 1.807) is 0 Å². The van der Waals surface area contributed by atoms with Gasteiger partial charge in [-0.1, -0.05) is 152 Å². The highest BCUT2D eigenvalue weighted by Gasteiger charge is 2.27. The zero-order valence-electron chi connectivity index (χ0n) is 33.1. The summed E-state index contributed by atoms with van der Waals surface area (Å²) < 4.78 is 33.2. The number of carbonyl (C=O) groups is 2. The Labute approximate surface area is 322 Å². The van der Waals surface area contributed by atoms with Crippen LogP contribution in [0.1, 0.15) is 155 Å². The smallest absolute Gasteiger partial charge is 0.472 e. The summed E-state index contributed by atoms with van der Waals surface area (Å²) in [6, 6.07) is -1.48. The topological polar surface area (TPSA) is 155 Å². The molecule has 11 heteroatoms. The molecule has 0 aliphatic carbocycles. The van der Waals surface area contributed by atoms with Crippen molar-refractivity contribution >= 4 is 19.8 Å². The Balaban J connectivity index is 4.28. The van der Waals surface area contributed by atoms with Gasteiger partial charge in [-0.05, 0) is 57.8 Å². The van der Waals surface area contributed by atoms with E-state index in [4.69, 9.17) is 29.4 Å². The third-order valence-corrected chi connectivity index (χ3v) is 9.26. The van der Waals surface area contributed by atoms with E-state index in [9.17, 15) is 19.0 Å². The van der Waals surface area contributed by atoms with Gasteiger partial charge in [0.2, 0.25) is 0 Å². The van der Waals surface area contributed by atoms with E-state index in [0.717, 1.165) is 83.5 Å². The summed E-state index contributed by atoms with van der Waals surface area (Å²) in [4.78, 5) is 33.4. The minimum Gasteiger partial charge on any atom is -0.480 e. The third-order valence-electron chi connectivity index (χ3n) is 8.31. The maximum atomic E-state index is 12.6. The van der Waals surface area contributed by atoms with Crippen molar-refractivity contribution < 1.29 is 42.7 Å². The van der Waals surface area contributed by atoms with Crippen LogP contribution in [0.15, 0.2) is 60.8 Å². The SMILES string of the molecule is CC/C=C\C/C=C\C/C=C\C/C=C\C/C=C\CCCCCCCC(=O)OC(COCCCCCCCCCCCC)COP(=O)(O)OCC(N)C(=O)O. The number of phosphoric acid groups is 1. The minimum absolute atomic E-state index is 0.00755. The van der Waals surface area contributed by atoms with Crippen molar-refractivity contribution in [3.05, 3.63) is 60.8 Å². The van der Waals surface area contributed by atoms with Gasteiger partial charge in [0, 0.05) is 13.0 Å². The maximum absolute atomic E-state index is 12.6. The number of carboxylic acid groups (broad SMARTS) is 1. The number of rotatable bonds is 38. The number of esters is 1. The fourth-order valence-electron chi connectivity index (χ4n) is 5.16. The number of ether oxygens (including phenoxy) is 2. The van der Waals surface area contributed by atoms with Gasteiger partial charge >= 0.3 is 19.8 Å². The number of aliphatic carboxylic acids is 1. The van der Waals surface area contributed by atoms with Crippen LogP contribution in [-0.4, -0.2) is 60.5 Å². The highest BCUT2D eigenvalue weighted by Crippen LogP contribution is 2.43. The molecule has 0 saturated heterocycles. The summed E-state index contributed by atoms with van der Waals surface area (Å²) in [6.07, 6.45) is 44.1. The second-order valence-corrected chi connectivity index (χ2v) is 14.8. The molecule has 306 valence electrons. The molecule has 0 aromatic carbocycles. The van der Waals surface area contributed by atoms with Crippen molar-refractivity contribution in [3.63, 3.8) is 0 Å². The zero-order valence-corrected chi connectivity index (χ0v) is 34.0. The molecular weight excluding hydrogens is 693 g/mol. The van der Waals surface area contributed by atoms with Gasteiger partial charge in [-0.2, -0.15) is 0 Å². The Bertz CT molecular complexity index is 1070. The van der Waals surface area contributed by atoms with E-state index in [-0.39, 0.29) is 13.0 Å². The lowest BCUT2D eigenvalue weighted by atomic mass is 10.1. The average Bonchev–Trinajstić information content (AvgIpc) is 3.13. The van der Waals surface area contributed by atoms with E-state index in [1.807, 2.05) is 0 Å². The number of carboxylic acids is 1. The van der Waals surface area contributed by atoms with Gasteiger partial charge in [0.05, 0.1) is 19.8 Å². The van der Waals surface area contributed by atoms with Crippen molar-refractivity contribution in [3.8, 4) is 0 Å². The highest BCUT2D eigenvalue weighted by molar-refractivity contribution is 7.47. The number of carbonyl (C=O) groups excluding carboxylic acids is 1. The van der Waals surface area contributed by atoms with Crippen molar-refractivity contribution in [2.75, 3.05) is 26.4 Å². The van der Waals surface area contributed by atoms with Gasteiger partial charge in [-0.25, -0.2) is 4.57 Å². The largest absolute Gasteiger partial charge is 0.480 e. The van der Waals surface area contributed by atoms with Gasteiger partial charge in [0.15, 0.2) is 0 Å². The molecule has 0 aliphatic heterocycles. The molecule has 3 atom stereocenters. The first-order valence-corrected chi connectivity index (χ1v) is 21.8. The van der Waals surface area contributed by atoms with Crippen LogP contribution >= 0.6 is 7.82 Å². The molecule has 53 heavy (non-hydrogen) atoms. The molecule has 10 nitrogen and oxygen atoms in total. The molecule has 0 rings (SSSR count). The number of nitrogens with two attached hydrogens (primary N) is 1. The second-order valence-electron chi connectivity index (χ2n) is 13.4. The fourth-order valence-corrected chi connectivity index (χ4v) is 5.94. The quantitative estimate of drug-likeness (QED) is 0.0239. The third kappa shape index (κ3) is 37.8. The Morgan fingerprint density at radius 3 is 1.64 bits per heavy atom. The fraction of sp³-hybridized carbons (Fsp3) is 0.714. The maximum Gasteiger partial charge on any atom is 0.472 e. The van der Waals surface area contributed by atoms with Crippen LogP contribution in [0.2, 0.25) is 0 Å². The summed E-state index contributed by atoms with van der Waals surface area (Å²) in [6.45, 7) is 3.71. The molecule has 0 heterocycles. The minimum atomic E-state index is -4.62. The molecule has 0 bridgehead atoms. The van der Waals surface area contributed by atoms with Crippen molar-refractivity contribution in [2.24, 2.45) is 5.73 Å².